The van der Waals surface area contributed by atoms with Gasteiger partial charge in [0.1, 0.15) is 18.3 Å². The minimum atomic E-state index is -2.56. The molecule has 4 rings (SSSR count). The minimum absolute atomic E-state index is 0.102. The summed E-state index contributed by atoms with van der Waals surface area (Å²) in [6.45, 7) is 13.6. The molecule has 1 heterocycles. The van der Waals surface area contributed by atoms with Crippen molar-refractivity contribution in [2.45, 2.75) is 186 Å². The maximum atomic E-state index is 13.8. The maximum Gasteiger partial charge on any atom is 0.337 e. The number of carbonyl (C=O) groups is 1. The average molecular weight is 900 g/mol. The van der Waals surface area contributed by atoms with Crippen molar-refractivity contribution in [2.24, 2.45) is 5.11 Å². The monoisotopic (exact) mass is 900 g/mol. The Bertz CT molecular complexity index is 1790. The van der Waals surface area contributed by atoms with Crippen LogP contribution in [0, 0.1) is 0 Å². The molecule has 3 aromatic rings. The molecule has 0 aromatic heterocycles. The van der Waals surface area contributed by atoms with Crippen LogP contribution in [0.4, 0.5) is 0 Å². The van der Waals surface area contributed by atoms with Gasteiger partial charge in [0.15, 0.2) is 20.7 Å². The molecule has 11 nitrogen and oxygen atoms in total. The van der Waals surface area contributed by atoms with Crippen molar-refractivity contribution in [3.8, 4) is 0 Å². The summed E-state index contributed by atoms with van der Waals surface area (Å²) < 4.78 is 45.7. The Morgan fingerprint density at radius 2 is 1.23 bits per heavy atom. The fraction of sp³-hybridized carbons (Fsp3) is 0.596. The molecule has 1 fully saturated rings. The van der Waals surface area contributed by atoms with Crippen molar-refractivity contribution in [1.82, 2.24) is 0 Å². The number of unbranched alkanes of at least 4 members (excludes halogenated alkanes) is 11. The number of nitrogens with zero attached hydrogens (tertiary/aromatic N) is 3. The number of hydrogen-bond donors (Lipinski definition) is 0. The van der Waals surface area contributed by atoms with Gasteiger partial charge in [-0.25, -0.2) is 4.79 Å². The van der Waals surface area contributed by atoms with Crippen molar-refractivity contribution in [3.05, 3.63) is 130 Å². The number of allylic oxidation sites excluding steroid dienone is 1. The number of esters is 1. The Kier molecular flexibility index (Phi) is 23.9. The summed E-state index contributed by atoms with van der Waals surface area (Å²) in [5.74, 6) is -0.617. The number of carbonyl (C=O) groups excluding carboxylic acids is 1. The molecule has 0 aliphatic carbocycles. The Morgan fingerprint density at radius 1 is 0.734 bits per heavy atom. The molecule has 64 heavy (non-hydrogen) atoms. The molecule has 0 spiro atoms. The first-order chi connectivity index (χ1) is 31.0. The first kappa shape index (κ1) is 52.8. The van der Waals surface area contributed by atoms with Crippen LogP contribution in [-0.4, -0.2) is 70.9 Å². The third kappa shape index (κ3) is 18.2. The highest BCUT2D eigenvalue weighted by atomic mass is 28.4. The normalized spacial score (nSPS) is 20.1. The van der Waals surface area contributed by atoms with Crippen molar-refractivity contribution >= 4 is 14.3 Å². The molecule has 1 aliphatic rings. The summed E-state index contributed by atoms with van der Waals surface area (Å²) >= 11 is 0. The number of azide groups is 1. The van der Waals surface area contributed by atoms with Crippen LogP contribution >= 0.6 is 0 Å². The molecule has 12 heteroatoms. The zero-order valence-electron chi connectivity index (χ0n) is 39.8. The van der Waals surface area contributed by atoms with Crippen molar-refractivity contribution in [1.29, 1.82) is 0 Å². The number of hydrogen-bond acceptors (Lipinski definition) is 9. The molecule has 1 saturated heterocycles. The van der Waals surface area contributed by atoms with E-state index in [0.29, 0.717) is 6.61 Å². The lowest BCUT2D eigenvalue weighted by molar-refractivity contribution is -0.312. The molecular weight excluding hydrogens is 823 g/mol. The van der Waals surface area contributed by atoms with E-state index in [-0.39, 0.29) is 24.9 Å². The van der Waals surface area contributed by atoms with Gasteiger partial charge >= 0.3 is 5.97 Å². The van der Waals surface area contributed by atoms with Gasteiger partial charge in [-0.2, -0.15) is 0 Å². The molecule has 7 atom stereocenters. The van der Waals surface area contributed by atoms with E-state index in [1.807, 2.05) is 97.1 Å². The second kappa shape index (κ2) is 28.9. The second-order valence-corrected chi connectivity index (χ2v) is 23.2. The SMILES string of the molecule is CCCCCCCCCCCCC/C=C/[C@@H](OCc1ccccc1)[C@H](COC1O[C@H](C(=O)OC)[C@@H](O[Si](C)(C)C(C)(C)C)[C@H](OCc2ccccc2)[C@H]1OCc1ccccc1)N=[N+]=[N-]. The van der Waals surface area contributed by atoms with E-state index < -0.39 is 57.1 Å². The highest BCUT2D eigenvalue weighted by Gasteiger charge is 2.55. The van der Waals surface area contributed by atoms with Crippen molar-refractivity contribution in [3.63, 3.8) is 0 Å². The van der Waals surface area contributed by atoms with Gasteiger partial charge < -0.3 is 32.8 Å². The summed E-state index contributed by atoms with van der Waals surface area (Å²) in [5, 5.41) is 4.01. The number of ether oxygens (including phenoxy) is 6. The minimum Gasteiger partial charge on any atom is -0.467 e. The van der Waals surface area contributed by atoms with E-state index >= 15 is 0 Å². The zero-order chi connectivity index (χ0) is 46.0. The first-order valence-electron chi connectivity index (χ1n) is 23.7. The predicted octanol–water partition coefficient (Wildman–Crippen LogP) is 13.0. The Balaban J connectivity index is 1.59. The quantitative estimate of drug-likeness (QED) is 0.0123. The first-order valence-corrected chi connectivity index (χ1v) is 26.6. The van der Waals surface area contributed by atoms with Gasteiger partial charge in [-0.1, -0.05) is 200 Å². The average Bonchev–Trinajstić information content (AvgIpc) is 3.29. The molecule has 3 aromatic carbocycles. The summed E-state index contributed by atoms with van der Waals surface area (Å²) in [7, 11) is -1.23. The maximum absolute atomic E-state index is 13.8. The van der Waals surface area contributed by atoms with Gasteiger partial charge in [-0.3, -0.25) is 0 Å². The van der Waals surface area contributed by atoms with Crippen molar-refractivity contribution in [2.75, 3.05) is 13.7 Å². The lowest BCUT2D eigenvalue weighted by Gasteiger charge is -2.49. The molecule has 1 aliphatic heterocycles. The molecule has 0 saturated carbocycles. The topological polar surface area (TPSA) is 130 Å². The fourth-order valence-corrected chi connectivity index (χ4v) is 8.76. The Hall–Kier alpha value is -3.84. The largest absolute Gasteiger partial charge is 0.467 e. The van der Waals surface area contributed by atoms with Gasteiger partial charge in [0.2, 0.25) is 0 Å². The van der Waals surface area contributed by atoms with Crippen LogP contribution < -0.4 is 0 Å². The summed E-state index contributed by atoms with van der Waals surface area (Å²) in [6.07, 6.45) is 13.4. The lowest BCUT2D eigenvalue weighted by atomic mass is 9.98. The third-order valence-corrected chi connectivity index (χ3v) is 16.8. The van der Waals surface area contributed by atoms with E-state index in [1.165, 1.54) is 64.9 Å². The van der Waals surface area contributed by atoms with Crippen LogP contribution in [0.15, 0.2) is 108 Å². The van der Waals surface area contributed by atoms with E-state index in [0.717, 1.165) is 36.0 Å². The molecule has 352 valence electrons. The number of methoxy groups -OCH3 is 1. The van der Waals surface area contributed by atoms with Crippen molar-refractivity contribution < 1.29 is 37.6 Å². The highest BCUT2D eigenvalue weighted by molar-refractivity contribution is 6.74. The standard InChI is InChI=1S/C52H77N3O8Si/c1-8-9-10-11-12-13-14-15-16-17-18-19-29-36-45(58-37-41-30-23-20-24-31-41)44(54-55-53)40-61-51-49(60-39-43-34-27-22-28-35-43)46(59-38-42-32-25-21-26-33-42)47(48(62-51)50(56)57-5)63-64(6,7)52(2,3)4/h20-36,44-49,51H,8-19,37-40H2,1-7H3/b36-29+/t44-,45+,46-,47-,48-,49+,51?/m0/s1. The van der Waals surface area contributed by atoms with Crippen LogP contribution in [-0.2, 0) is 57.5 Å². The number of rotatable bonds is 30. The van der Waals surface area contributed by atoms with Gasteiger partial charge in [0.05, 0.1) is 45.7 Å². The third-order valence-electron chi connectivity index (χ3n) is 12.3. The zero-order valence-corrected chi connectivity index (χ0v) is 40.8. The van der Waals surface area contributed by atoms with Gasteiger partial charge in [-0.05, 0) is 53.2 Å². The van der Waals surface area contributed by atoms with Gasteiger partial charge in [0.25, 0.3) is 0 Å². The van der Waals surface area contributed by atoms with Gasteiger partial charge in [-0.15, -0.1) is 0 Å². The summed E-state index contributed by atoms with van der Waals surface area (Å²) in [5.41, 5.74) is 12.8. The highest BCUT2D eigenvalue weighted by Crippen LogP contribution is 2.41. The van der Waals surface area contributed by atoms with E-state index in [2.05, 4.69) is 56.9 Å². The van der Waals surface area contributed by atoms with Crippen LogP contribution in [0.5, 0.6) is 0 Å². The number of benzene rings is 3. The molecule has 0 amide bonds. The summed E-state index contributed by atoms with van der Waals surface area (Å²) in [6, 6.07) is 28.8. The Morgan fingerprint density at radius 3 is 1.73 bits per heavy atom. The molecule has 0 N–H and O–H groups in total. The van der Waals surface area contributed by atoms with Gasteiger partial charge in [0, 0.05) is 4.91 Å². The van der Waals surface area contributed by atoms with E-state index in [4.69, 9.17) is 32.8 Å². The molecule has 0 radical (unpaired) electrons. The van der Waals surface area contributed by atoms with Crippen LogP contribution in [0.3, 0.4) is 0 Å². The van der Waals surface area contributed by atoms with Crippen LogP contribution in [0.2, 0.25) is 18.1 Å². The molecule has 1 unspecified atom stereocenters. The summed E-state index contributed by atoms with van der Waals surface area (Å²) in [4.78, 5) is 17.0. The lowest BCUT2D eigenvalue weighted by Crippen LogP contribution is -2.65. The smallest absolute Gasteiger partial charge is 0.337 e. The van der Waals surface area contributed by atoms with Crippen LogP contribution in [0.25, 0.3) is 10.4 Å². The predicted molar refractivity (Wildman–Crippen MR) is 257 cm³/mol. The second-order valence-electron chi connectivity index (χ2n) is 18.4. The molecule has 0 bridgehead atoms. The fourth-order valence-electron chi connectivity index (χ4n) is 7.47. The molecular formula is C52H77N3O8Si. The van der Waals surface area contributed by atoms with Crippen LogP contribution in [0.1, 0.15) is 121 Å². The van der Waals surface area contributed by atoms with E-state index in [1.54, 1.807) is 0 Å². The Labute approximate surface area is 385 Å². The van der Waals surface area contributed by atoms with E-state index in [9.17, 15) is 10.3 Å².